The van der Waals surface area contributed by atoms with E-state index in [4.69, 9.17) is 4.74 Å². The smallest absolute Gasteiger partial charge is 0.363 e. The molecule has 1 aliphatic rings. The summed E-state index contributed by atoms with van der Waals surface area (Å²) in [4.78, 5) is 18.5. The predicted molar refractivity (Wildman–Crippen MR) is 105 cm³/mol. The zero-order valence-corrected chi connectivity index (χ0v) is 15.9. The third kappa shape index (κ3) is 3.51. The van der Waals surface area contributed by atoms with Crippen LogP contribution in [-0.2, 0) is 9.53 Å². The molecule has 4 nitrogen and oxygen atoms in total. The van der Waals surface area contributed by atoms with Crippen LogP contribution in [0.3, 0.4) is 0 Å². The van der Waals surface area contributed by atoms with Crippen molar-refractivity contribution in [2.75, 3.05) is 19.0 Å². The number of carbonyl (C=O) groups is 1. The third-order valence-electron chi connectivity index (χ3n) is 3.75. The first-order valence-corrected chi connectivity index (χ1v) is 8.58. The van der Waals surface area contributed by atoms with Crippen LogP contribution in [0.5, 0.6) is 0 Å². The Morgan fingerprint density at radius 2 is 1.83 bits per heavy atom. The highest BCUT2D eigenvalue weighted by Gasteiger charge is 2.24. The van der Waals surface area contributed by atoms with Crippen LogP contribution in [0.1, 0.15) is 16.7 Å². The fourth-order valence-electron chi connectivity index (χ4n) is 2.29. The maximum absolute atomic E-state index is 12.1. The van der Waals surface area contributed by atoms with Gasteiger partial charge < -0.3 is 9.64 Å². The first-order valence-electron chi connectivity index (χ1n) is 7.50. The summed E-state index contributed by atoms with van der Waals surface area (Å²) in [6, 6.07) is 13.8. The van der Waals surface area contributed by atoms with Gasteiger partial charge in [-0.3, -0.25) is 0 Å². The Labute approximate surface area is 155 Å². The van der Waals surface area contributed by atoms with Crippen molar-refractivity contribution in [2.45, 2.75) is 6.92 Å². The first kappa shape index (κ1) is 16.7. The van der Waals surface area contributed by atoms with Crippen LogP contribution in [-0.4, -0.2) is 26.0 Å². The van der Waals surface area contributed by atoms with Crippen molar-refractivity contribution in [3.8, 4) is 0 Å². The zero-order valence-electron chi connectivity index (χ0n) is 13.7. The van der Waals surface area contributed by atoms with Crippen LogP contribution in [0, 0.1) is 10.5 Å². The van der Waals surface area contributed by atoms with Gasteiger partial charge in [0.15, 0.2) is 5.70 Å². The molecular weight excluding hydrogens is 415 g/mol. The zero-order chi connectivity index (χ0) is 17.3. The second-order valence-corrected chi connectivity index (χ2v) is 6.95. The molecule has 1 aliphatic heterocycles. The lowest BCUT2D eigenvalue weighted by Crippen LogP contribution is -2.08. The predicted octanol–water partition coefficient (Wildman–Crippen LogP) is 4.01. The lowest BCUT2D eigenvalue weighted by atomic mass is 10.1. The van der Waals surface area contributed by atoms with Gasteiger partial charge >= 0.3 is 5.97 Å². The molecule has 0 amide bonds. The molecule has 0 unspecified atom stereocenters. The van der Waals surface area contributed by atoms with Gasteiger partial charge in [-0.05, 0) is 71.0 Å². The molecule has 24 heavy (non-hydrogen) atoms. The number of halogens is 1. The third-order valence-corrected chi connectivity index (χ3v) is 4.91. The molecule has 0 radical (unpaired) electrons. The summed E-state index contributed by atoms with van der Waals surface area (Å²) in [6.07, 6.45) is 1.74. The highest BCUT2D eigenvalue weighted by Crippen LogP contribution is 2.22. The fourth-order valence-corrected chi connectivity index (χ4v) is 2.80. The molecule has 3 rings (SSSR count). The Morgan fingerprint density at radius 1 is 1.12 bits per heavy atom. The second-order valence-electron chi connectivity index (χ2n) is 5.79. The van der Waals surface area contributed by atoms with E-state index in [9.17, 15) is 4.79 Å². The molecule has 0 saturated carbocycles. The molecule has 2 aromatic carbocycles. The van der Waals surface area contributed by atoms with Crippen molar-refractivity contribution in [3.05, 3.63) is 68.4 Å². The fraction of sp³-hybridized carbons (Fsp3) is 0.158. The van der Waals surface area contributed by atoms with E-state index in [0.717, 1.165) is 20.4 Å². The molecule has 2 aromatic rings. The molecule has 5 heteroatoms. The number of esters is 1. The average Bonchev–Trinajstić information content (AvgIpc) is 2.91. The van der Waals surface area contributed by atoms with E-state index >= 15 is 0 Å². The number of carbonyl (C=O) groups excluding carboxylic acids is 1. The molecule has 0 N–H and O–H groups in total. The van der Waals surface area contributed by atoms with Crippen molar-refractivity contribution in [1.29, 1.82) is 0 Å². The van der Waals surface area contributed by atoms with Crippen LogP contribution in [0.2, 0.25) is 0 Å². The van der Waals surface area contributed by atoms with Gasteiger partial charge in [0.05, 0.1) is 0 Å². The Balaban J connectivity index is 1.89. The standard InChI is InChI=1S/C19H17IN2O2/c1-12-4-7-14(11-16(12)20)18-21-17(19(23)24-18)10-13-5-8-15(9-6-13)22(2)3/h4-11H,1-3H3/b17-10-. The van der Waals surface area contributed by atoms with Crippen LogP contribution in [0.4, 0.5) is 5.69 Å². The maximum Gasteiger partial charge on any atom is 0.363 e. The van der Waals surface area contributed by atoms with Crippen molar-refractivity contribution in [1.82, 2.24) is 0 Å². The van der Waals surface area contributed by atoms with E-state index < -0.39 is 5.97 Å². The highest BCUT2D eigenvalue weighted by molar-refractivity contribution is 14.1. The lowest BCUT2D eigenvalue weighted by molar-refractivity contribution is -0.129. The van der Waals surface area contributed by atoms with Gasteiger partial charge in [0, 0.05) is 28.9 Å². The summed E-state index contributed by atoms with van der Waals surface area (Å²) in [5.74, 6) is -0.0636. The SMILES string of the molecule is Cc1ccc(C2=N/C(=C\c3ccc(N(C)C)cc3)C(=O)O2)cc1I. The van der Waals surface area contributed by atoms with Crippen molar-refractivity contribution >= 4 is 46.2 Å². The molecule has 0 aliphatic carbocycles. The summed E-state index contributed by atoms with van der Waals surface area (Å²) in [7, 11) is 3.97. The minimum atomic E-state index is -0.419. The molecule has 122 valence electrons. The van der Waals surface area contributed by atoms with E-state index in [1.165, 1.54) is 5.56 Å². The van der Waals surface area contributed by atoms with Crippen LogP contribution in [0.15, 0.2) is 53.2 Å². The monoisotopic (exact) mass is 432 g/mol. The number of aliphatic imine (C=N–C) groups is 1. The summed E-state index contributed by atoms with van der Waals surface area (Å²) in [6.45, 7) is 2.04. The average molecular weight is 432 g/mol. The number of anilines is 1. The maximum atomic E-state index is 12.1. The van der Waals surface area contributed by atoms with Gasteiger partial charge in [0.1, 0.15) is 0 Å². The van der Waals surface area contributed by atoms with E-state index in [2.05, 4.69) is 27.6 Å². The van der Waals surface area contributed by atoms with Crippen LogP contribution < -0.4 is 4.90 Å². The van der Waals surface area contributed by atoms with Gasteiger partial charge in [-0.2, -0.15) is 0 Å². The Kier molecular flexibility index (Phi) is 4.71. The van der Waals surface area contributed by atoms with E-state index in [1.54, 1.807) is 6.08 Å². The molecular formula is C19H17IN2O2. The summed E-state index contributed by atoms with van der Waals surface area (Å²) >= 11 is 2.26. The van der Waals surface area contributed by atoms with Crippen molar-refractivity contribution < 1.29 is 9.53 Å². The van der Waals surface area contributed by atoms with Gasteiger partial charge in [0.25, 0.3) is 0 Å². The number of benzene rings is 2. The molecule has 0 spiro atoms. The number of hydrogen-bond donors (Lipinski definition) is 0. The number of ether oxygens (including phenoxy) is 1. The van der Waals surface area contributed by atoms with E-state index in [-0.39, 0.29) is 0 Å². The van der Waals surface area contributed by atoms with E-state index in [1.807, 2.05) is 68.4 Å². The van der Waals surface area contributed by atoms with Gasteiger partial charge in [-0.25, -0.2) is 9.79 Å². The van der Waals surface area contributed by atoms with Gasteiger partial charge in [0.2, 0.25) is 5.90 Å². The molecule has 0 aromatic heterocycles. The molecule has 0 atom stereocenters. The second kappa shape index (κ2) is 6.76. The minimum Gasteiger partial charge on any atom is -0.402 e. The molecule has 0 fully saturated rings. The quantitative estimate of drug-likeness (QED) is 0.418. The molecule has 0 saturated heterocycles. The Bertz CT molecular complexity index is 852. The molecule has 1 heterocycles. The number of nitrogens with zero attached hydrogens (tertiary/aromatic N) is 2. The van der Waals surface area contributed by atoms with E-state index in [0.29, 0.717) is 11.6 Å². The van der Waals surface area contributed by atoms with Crippen molar-refractivity contribution in [3.63, 3.8) is 0 Å². The molecule has 0 bridgehead atoms. The topological polar surface area (TPSA) is 41.9 Å². The summed E-state index contributed by atoms with van der Waals surface area (Å²) in [5, 5.41) is 0. The Hall–Kier alpha value is -2.15. The van der Waals surface area contributed by atoms with Gasteiger partial charge in [-0.1, -0.05) is 18.2 Å². The summed E-state index contributed by atoms with van der Waals surface area (Å²) < 4.78 is 6.43. The number of cyclic esters (lactones) is 1. The normalized spacial score (nSPS) is 15.4. The minimum absolute atomic E-state index is 0.318. The number of aryl methyl sites for hydroxylation is 1. The van der Waals surface area contributed by atoms with Crippen LogP contribution in [0.25, 0.3) is 6.08 Å². The number of rotatable bonds is 3. The van der Waals surface area contributed by atoms with Gasteiger partial charge in [-0.15, -0.1) is 0 Å². The largest absolute Gasteiger partial charge is 0.402 e. The first-order chi connectivity index (χ1) is 11.4. The highest BCUT2D eigenvalue weighted by atomic mass is 127. The lowest BCUT2D eigenvalue weighted by Gasteiger charge is -2.11. The Morgan fingerprint density at radius 3 is 2.46 bits per heavy atom. The van der Waals surface area contributed by atoms with Crippen LogP contribution >= 0.6 is 22.6 Å². The number of hydrogen-bond acceptors (Lipinski definition) is 4. The van der Waals surface area contributed by atoms with Crippen molar-refractivity contribution in [2.24, 2.45) is 4.99 Å². The summed E-state index contributed by atoms with van der Waals surface area (Å²) in [5.41, 5.74) is 4.32.